The Hall–Kier alpha value is -1.58. The van der Waals surface area contributed by atoms with E-state index in [4.69, 9.17) is 5.11 Å². The molecule has 92 valence electrons. The lowest BCUT2D eigenvalue weighted by Crippen LogP contribution is -2.25. The van der Waals surface area contributed by atoms with Gasteiger partial charge in [0.25, 0.3) is 0 Å². The van der Waals surface area contributed by atoms with Crippen molar-refractivity contribution in [3.8, 4) is 0 Å². The smallest absolute Gasteiger partial charge is 0.306 e. The van der Waals surface area contributed by atoms with E-state index in [9.17, 15) is 4.79 Å². The first kappa shape index (κ1) is 11.9. The molecule has 1 aromatic heterocycles. The zero-order valence-electron chi connectivity index (χ0n) is 9.80. The fourth-order valence-corrected chi connectivity index (χ4v) is 2.34. The van der Waals surface area contributed by atoms with Gasteiger partial charge < -0.3 is 10.4 Å². The zero-order valence-corrected chi connectivity index (χ0v) is 9.80. The van der Waals surface area contributed by atoms with E-state index in [2.05, 4.69) is 10.3 Å². The summed E-state index contributed by atoms with van der Waals surface area (Å²) in [4.78, 5) is 14.9. The molecular formula is C13H18N2O2. The molecule has 1 saturated carbocycles. The third kappa shape index (κ3) is 3.44. The van der Waals surface area contributed by atoms with Crippen molar-refractivity contribution in [3.05, 3.63) is 24.5 Å². The number of rotatable bonds is 4. The highest BCUT2D eigenvalue weighted by Crippen LogP contribution is 2.29. The summed E-state index contributed by atoms with van der Waals surface area (Å²) < 4.78 is 0. The van der Waals surface area contributed by atoms with E-state index in [-0.39, 0.29) is 5.92 Å². The molecule has 0 aromatic carbocycles. The fraction of sp³-hybridized carbons (Fsp3) is 0.538. The molecule has 17 heavy (non-hydrogen) atoms. The third-order valence-electron chi connectivity index (χ3n) is 3.45. The highest BCUT2D eigenvalue weighted by Gasteiger charge is 2.25. The van der Waals surface area contributed by atoms with E-state index < -0.39 is 5.97 Å². The number of carbonyl (C=O) groups is 1. The number of carboxylic acid groups (broad SMARTS) is 1. The molecule has 1 aliphatic carbocycles. The molecule has 0 saturated heterocycles. The summed E-state index contributed by atoms with van der Waals surface area (Å²) in [7, 11) is 0. The van der Waals surface area contributed by atoms with Gasteiger partial charge in [0.05, 0.1) is 11.6 Å². The number of nitrogens with zero attached hydrogens (tertiary/aromatic N) is 1. The number of hydrogen-bond donors (Lipinski definition) is 2. The Morgan fingerprint density at radius 2 is 2.18 bits per heavy atom. The Bertz CT molecular complexity index is 359. The molecule has 0 spiro atoms. The molecule has 0 unspecified atom stereocenters. The summed E-state index contributed by atoms with van der Waals surface area (Å²) >= 11 is 0. The van der Waals surface area contributed by atoms with Gasteiger partial charge in [-0.1, -0.05) is 0 Å². The second-order valence-corrected chi connectivity index (χ2v) is 4.68. The minimum atomic E-state index is -0.635. The lowest BCUT2D eigenvalue weighted by atomic mass is 9.82. The van der Waals surface area contributed by atoms with Crippen LogP contribution in [0.15, 0.2) is 24.5 Å². The summed E-state index contributed by atoms with van der Waals surface area (Å²) in [5.41, 5.74) is 1.04. The number of aliphatic carboxylic acids is 1. The number of aromatic nitrogens is 1. The van der Waals surface area contributed by atoms with Crippen LogP contribution in [0.5, 0.6) is 0 Å². The van der Waals surface area contributed by atoms with Gasteiger partial charge in [-0.2, -0.15) is 0 Å². The summed E-state index contributed by atoms with van der Waals surface area (Å²) in [5.74, 6) is -0.167. The number of hydrogen-bond acceptors (Lipinski definition) is 3. The van der Waals surface area contributed by atoms with Crippen LogP contribution in [0, 0.1) is 11.8 Å². The highest BCUT2D eigenvalue weighted by atomic mass is 16.4. The largest absolute Gasteiger partial charge is 0.481 e. The summed E-state index contributed by atoms with van der Waals surface area (Å²) in [6, 6.07) is 3.90. The highest BCUT2D eigenvalue weighted by molar-refractivity contribution is 5.70. The van der Waals surface area contributed by atoms with Gasteiger partial charge in [0, 0.05) is 18.9 Å². The van der Waals surface area contributed by atoms with Gasteiger partial charge >= 0.3 is 5.97 Å². The molecule has 4 nitrogen and oxygen atoms in total. The second-order valence-electron chi connectivity index (χ2n) is 4.68. The maximum absolute atomic E-state index is 10.8. The summed E-state index contributed by atoms with van der Waals surface area (Å²) in [5, 5.41) is 12.3. The number of anilines is 1. The maximum Gasteiger partial charge on any atom is 0.306 e. The van der Waals surface area contributed by atoms with Gasteiger partial charge in [0.1, 0.15) is 0 Å². The van der Waals surface area contributed by atoms with Gasteiger partial charge in [-0.3, -0.25) is 9.78 Å². The molecule has 0 radical (unpaired) electrons. The van der Waals surface area contributed by atoms with Crippen LogP contribution in [0.3, 0.4) is 0 Å². The quantitative estimate of drug-likeness (QED) is 0.839. The van der Waals surface area contributed by atoms with E-state index in [1.165, 1.54) is 0 Å². The van der Waals surface area contributed by atoms with Crippen LogP contribution in [0.4, 0.5) is 5.69 Å². The third-order valence-corrected chi connectivity index (χ3v) is 3.45. The Labute approximate surface area is 101 Å². The summed E-state index contributed by atoms with van der Waals surface area (Å²) in [6.45, 7) is 0.915. The van der Waals surface area contributed by atoms with Crippen LogP contribution in [-0.4, -0.2) is 22.6 Å². The van der Waals surface area contributed by atoms with Gasteiger partial charge in [0.15, 0.2) is 0 Å². The lowest BCUT2D eigenvalue weighted by Gasteiger charge is -2.26. The van der Waals surface area contributed by atoms with Crippen LogP contribution in [0.1, 0.15) is 25.7 Å². The van der Waals surface area contributed by atoms with Crippen molar-refractivity contribution >= 4 is 11.7 Å². The van der Waals surface area contributed by atoms with Crippen LogP contribution < -0.4 is 5.32 Å². The average Bonchev–Trinajstić information content (AvgIpc) is 2.38. The molecule has 0 atom stereocenters. The molecule has 0 bridgehead atoms. The van der Waals surface area contributed by atoms with Gasteiger partial charge in [-0.05, 0) is 43.7 Å². The van der Waals surface area contributed by atoms with Crippen molar-refractivity contribution in [2.75, 3.05) is 11.9 Å². The predicted octanol–water partition coefficient (Wildman–Crippen LogP) is 2.38. The maximum atomic E-state index is 10.8. The molecule has 1 fully saturated rings. The van der Waals surface area contributed by atoms with Gasteiger partial charge in [-0.25, -0.2) is 0 Å². The van der Waals surface area contributed by atoms with E-state index in [1.54, 1.807) is 6.20 Å². The first-order valence-corrected chi connectivity index (χ1v) is 6.12. The SMILES string of the molecule is O=C(O)C1CCC(CNc2cccnc2)CC1. The Kier molecular flexibility index (Phi) is 3.96. The molecular weight excluding hydrogens is 216 g/mol. The fourth-order valence-electron chi connectivity index (χ4n) is 2.34. The van der Waals surface area contributed by atoms with Crippen LogP contribution in [0.2, 0.25) is 0 Å². The second kappa shape index (κ2) is 5.66. The van der Waals surface area contributed by atoms with E-state index >= 15 is 0 Å². The predicted molar refractivity (Wildman–Crippen MR) is 65.8 cm³/mol. The molecule has 1 heterocycles. The van der Waals surface area contributed by atoms with Crippen LogP contribution >= 0.6 is 0 Å². The van der Waals surface area contributed by atoms with Crippen molar-refractivity contribution in [2.45, 2.75) is 25.7 Å². The standard InChI is InChI=1S/C13H18N2O2/c16-13(17)11-5-3-10(4-6-11)8-15-12-2-1-7-14-9-12/h1-2,7,9-11,15H,3-6,8H2,(H,16,17). The van der Waals surface area contributed by atoms with Crippen molar-refractivity contribution in [2.24, 2.45) is 11.8 Å². The monoisotopic (exact) mass is 234 g/mol. The normalized spacial score (nSPS) is 24.2. The van der Waals surface area contributed by atoms with Crippen LogP contribution in [-0.2, 0) is 4.79 Å². The number of nitrogens with one attached hydrogen (secondary N) is 1. The van der Waals surface area contributed by atoms with Gasteiger partial charge in [0.2, 0.25) is 0 Å². The molecule has 0 amide bonds. The first-order chi connectivity index (χ1) is 8.25. The van der Waals surface area contributed by atoms with Crippen molar-refractivity contribution in [1.82, 2.24) is 4.98 Å². The zero-order chi connectivity index (χ0) is 12.1. The van der Waals surface area contributed by atoms with Gasteiger partial charge in [-0.15, -0.1) is 0 Å². The molecule has 1 aromatic rings. The van der Waals surface area contributed by atoms with E-state index in [0.29, 0.717) is 5.92 Å². The molecule has 1 aliphatic rings. The molecule has 2 N–H and O–H groups in total. The number of pyridine rings is 1. The first-order valence-electron chi connectivity index (χ1n) is 6.12. The van der Waals surface area contributed by atoms with Crippen LogP contribution in [0.25, 0.3) is 0 Å². The molecule has 2 rings (SSSR count). The Balaban J connectivity index is 1.74. The Morgan fingerprint density at radius 3 is 2.76 bits per heavy atom. The minimum absolute atomic E-state index is 0.121. The Morgan fingerprint density at radius 1 is 1.41 bits per heavy atom. The van der Waals surface area contributed by atoms with Crippen molar-refractivity contribution in [3.63, 3.8) is 0 Å². The van der Waals surface area contributed by atoms with E-state index in [0.717, 1.165) is 37.9 Å². The minimum Gasteiger partial charge on any atom is -0.481 e. The van der Waals surface area contributed by atoms with E-state index in [1.807, 2.05) is 18.3 Å². The topological polar surface area (TPSA) is 62.2 Å². The molecule has 0 aliphatic heterocycles. The number of carboxylic acids is 1. The molecule has 4 heteroatoms. The summed E-state index contributed by atoms with van der Waals surface area (Å²) in [6.07, 6.45) is 7.20. The van der Waals surface area contributed by atoms with Crippen molar-refractivity contribution in [1.29, 1.82) is 0 Å². The van der Waals surface area contributed by atoms with Crippen molar-refractivity contribution < 1.29 is 9.90 Å². The average molecular weight is 234 g/mol. The lowest BCUT2D eigenvalue weighted by molar-refractivity contribution is -0.143.